The second-order valence-electron chi connectivity index (χ2n) is 3.54. The Kier molecular flexibility index (Phi) is 6.94. The first-order valence-electron chi connectivity index (χ1n) is 5.01. The lowest BCUT2D eigenvalue weighted by Crippen LogP contribution is -2.25. The first kappa shape index (κ1) is 16.4. The number of nitrogens with two attached hydrogens (primary N) is 2. The summed E-state index contributed by atoms with van der Waals surface area (Å²) >= 11 is 0. The summed E-state index contributed by atoms with van der Waals surface area (Å²) < 4.78 is 31.6. The van der Waals surface area contributed by atoms with Gasteiger partial charge in [-0.25, -0.2) is 0 Å². The van der Waals surface area contributed by atoms with Gasteiger partial charge in [0.05, 0.1) is 6.04 Å². The van der Waals surface area contributed by atoms with Crippen molar-refractivity contribution in [2.45, 2.75) is 19.4 Å². The fourth-order valence-corrected chi connectivity index (χ4v) is 1.26. The molecule has 1 unspecified atom stereocenters. The third-order valence-electron chi connectivity index (χ3n) is 1.74. The lowest BCUT2D eigenvalue weighted by Gasteiger charge is -2.05. The van der Waals surface area contributed by atoms with Gasteiger partial charge in [0.1, 0.15) is 0 Å². The highest BCUT2D eigenvalue weighted by molar-refractivity contribution is 7.79. The molecule has 0 heterocycles. The molecular weight excluding hydrogens is 258 g/mol. The number of hydrogen-bond acceptors (Lipinski definition) is 3. The number of guanidine groups is 1. The molecular formula is C10H17N3O4S. The molecule has 0 aliphatic heterocycles. The third kappa shape index (κ3) is 12.4. The van der Waals surface area contributed by atoms with Gasteiger partial charge in [-0.2, -0.15) is 8.42 Å². The highest BCUT2D eigenvalue weighted by Crippen LogP contribution is 2.04. The first-order chi connectivity index (χ1) is 8.18. The van der Waals surface area contributed by atoms with E-state index in [4.69, 9.17) is 29.0 Å². The van der Waals surface area contributed by atoms with Crippen molar-refractivity contribution < 1.29 is 17.5 Å². The summed E-state index contributed by atoms with van der Waals surface area (Å²) in [5, 5.41) is 0. The molecule has 0 saturated carbocycles. The van der Waals surface area contributed by atoms with Gasteiger partial charge in [0, 0.05) is 0 Å². The first-order valence-corrected chi connectivity index (χ1v) is 6.40. The maximum absolute atomic E-state index is 8.74. The highest BCUT2D eigenvalue weighted by Gasteiger charge is 2.00. The van der Waals surface area contributed by atoms with Gasteiger partial charge in [-0.1, -0.05) is 30.3 Å². The maximum atomic E-state index is 8.74. The van der Waals surface area contributed by atoms with E-state index in [0.29, 0.717) is 0 Å². The van der Waals surface area contributed by atoms with Gasteiger partial charge in [-0.3, -0.25) is 14.1 Å². The Morgan fingerprint density at radius 2 is 1.72 bits per heavy atom. The number of hydrogen-bond donors (Lipinski definition) is 4. The van der Waals surface area contributed by atoms with E-state index in [0.717, 1.165) is 6.42 Å². The summed E-state index contributed by atoms with van der Waals surface area (Å²) in [5.41, 5.74) is 11.8. The molecule has 1 aromatic rings. The predicted molar refractivity (Wildman–Crippen MR) is 69.6 cm³/mol. The standard InChI is InChI=1S/C10H15N3.H2O4S/c1-8(13-10(11)12)7-9-5-3-2-4-6-9;1-5(2,3)4/h2-6,8H,7H2,1H3,(H4,11,12,13);(H2,1,2,3,4). The minimum atomic E-state index is -4.67. The zero-order valence-electron chi connectivity index (χ0n) is 9.89. The molecule has 0 radical (unpaired) electrons. The zero-order chi connectivity index (χ0) is 14.2. The molecule has 7 nitrogen and oxygen atoms in total. The Hall–Kier alpha value is -1.64. The van der Waals surface area contributed by atoms with E-state index in [1.807, 2.05) is 25.1 Å². The molecule has 0 amide bonds. The summed E-state index contributed by atoms with van der Waals surface area (Å²) in [5.74, 6) is 0.156. The third-order valence-corrected chi connectivity index (χ3v) is 1.74. The fraction of sp³-hybridized carbons (Fsp3) is 0.300. The topological polar surface area (TPSA) is 139 Å². The van der Waals surface area contributed by atoms with Gasteiger partial charge >= 0.3 is 10.4 Å². The molecule has 1 rings (SSSR count). The van der Waals surface area contributed by atoms with Crippen LogP contribution in [0, 0.1) is 0 Å². The van der Waals surface area contributed by atoms with E-state index in [9.17, 15) is 0 Å². The highest BCUT2D eigenvalue weighted by atomic mass is 32.3. The molecule has 0 aliphatic carbocycles. The molecule has 18 heavy (non-hydrogen) atoms. The Morgan fingerprint density at radius 1 is 1.28 bits per heavy atom. The van der Waals surface area contributed by atoms with Crippen LogP contribution in [0.15, 0.2) is 35.3 Å². The van der Waals surface area contributed by atoms with Crippen molar-refractivity contribution in [3.05, 3.63) is 35.9 Å². The monoisotopic (exact) mass is 275 g/mol. The zero-order valence-corrected chi connectivity index (χ0v) is 10.7. The van der Waals surface area contributed by atoms with Crippen molar-refractivity contribution in [1.82, 2.24) is 0 Å². The van der Waals surface area contributed by atoms with Crippen LogP contribution in [-0.2, 0) is 16.8 Å². The van der Waals surface area contributed by atoms with Gasteiger partial charge in [0.2, 0.25) is 0 Å². The number of benzene rings is 1. The minimum absolute atomic E-state index is 0.146. The Morgan fingerprint density at radius 3 is 2.11 bits per heavy atom. The summed E-state index contributed by atoms with van der Waals surface area (Å²) in [6.45, 7) is 1.99. The maximum Gasteiger partial charge on any atom is 0.394 e. The van der Waals surface area contributed by atoms with Crippen LogP contribution >= 0.6 is 0 Å². The summed E-state index contributed by atoms with van der Waals surface area (Å²) in [7, 11) is -4.67. The number of nitrogens with zero attached hydrogens (tertiary/aromatic N) is 1. The van der Waals surface area contributed by atoms with Crippen molar-refractivity contribution in [2.75, 3.05) is 0 Å². The van der Waals surface area contributed by atoms with E-state index in [1.54, 1.807) is 0 Å². The molecule has 0 spiro atoms. The van der Waals surface area contributed by atoms with Crippen molar-refractivity contribution in [1.29, 1.82) is 0 Å². The molecule has 102 valence electrons. The van der Waals surface area contributed by atoms with Gasteiger partial charge in [-0.05, 0) is 18.9 Å². The molecule has 0 saturated heterocycles. The molecule has 1 atom stereocenters. The quantitative estimate of drug-likeness (QED) is 0.354. The molecule has 0 aromatic heterocycles. The van der Waals surface area contributed by atoms with Crippen LogP contribution < -0.4 is 11.5 Å². The van der Waals surface area contributed by atoms with Gasteiger partial charge in [-0.15, -0.1) is 0 Å². The lowest BCUT2D eigenvalue weighted by atomic mass is 10.1. The van der Waals surface area contributed by atoms with E-state index < -0.39 is 10.4 Å². The van der Waals surface area contributed by atoms with Crippen LogP contribution in [0.1, 0.15) is 12.5 Å². The van der Waals surface area contributed by atoms with Crippen LogP contribution in [0.5, 0.6) is 0 Å². The Balaban J connectivity index is 0.000000494. The fourth-order valence-electron chi connectivity index (χ4n) is 1.26. The normalized spacial score (nSPS) is 11.9. The van der Waals surface area contributed by atoms with E-state index in [1.165, 1.54) is 5.56 Å². The SMILES string of the molecule is CC(Cc1ccccc1)N=C(N)N.O=S(=O)(O)O. The van der Waals surface area contributed by atoms with E-state index >= 15 is 0 Å². The molecule has 0 bridgehead atoms. The van der Waals surface area contributed by atoms with Crippen LogP contribution in [-0.4, -0.2) is 29.5 Å². The van der Waals surface area contributed by atoms with E-state index in [-0.39, 0.29) is 12.0 Å². The van der Waals surface area contributed by atoms with Crippen molar-refractivity contribution >= 4 is 16.4 Å². The average molecular weight is 275 g/mol. The Labute approximate surface area is 106 Å². The van der Waals surface area contributed by atoms with E-state index in [2.05, 4.69) is 17.1 Å². The van der Waals surface area contributed by atoms with Gasteiger partial charge in [0.25, 0.3) is 0 Å². The molecule has 8 heteroatoms. The number of aliphatic imine (C=N–C) groups is 1. The van der Waals surface area contributed by atoms with Crippen LogP contribution in [0.3, 0.4) is 0 Å². The lowest BCUT2D eigenvalue weighted by molar-refractivity contribution is 0.381. The van der Waals surface area contributed by atoms with Crippen LogP contribution in [0.4, 0.5) is 0 Å². The Bertz CT molecular complexity index is 461. The predicted octanol–water partition coefficient (Wildman–Crippen LogP) is 0.238. The van der Waals surface area contributed by atoms with Crippen molar-refractivity contribution in [3.63, 3.8) is 0 Å². The molecule has 0 fully saturated rings. The summed E-state index contributed by atoms with van der Waals surface area (Å²) in [6, 6.07) is 10.3. The van der Waals surface area contributed by atoms with Crippen molar-refractivity contribution in [2.24, 2.45) is 16.5 Å². The van der Waals surface area contributed by atoms with Crippen molar-refractivity contribution in [3.8, 4) is 0 Å². The second-order valence-corrected chi connectivity index (χ2v) is 4.44. The van der Waals surface area contributed by atoms with Gasteiger partial charge in [0.15, 0.2) is 5.96 Å². The molecule has 0 aliphatic rings. The average Bonchev–Trinajstić information content (AvgIpc) is 2.14. The second kappa shape index (κ2) is 7.64. The van der Waals surface area contributed by atoms with Crippen LogP contribution in [0.2, 0.25) is 0 Å². The number of rotatable bonds is 3. The molecule has 6 N–H and O–H groups in total. The van der Waals surface area contributed by atoms with Crippen LogP contribution in [0.25, 0.3) is 0 Å². The minimum Gasteiger partial charge on any atom is -0.370 e. The van der Waals surface area contributed by atoms with Gasteiger partial charge < -0.3 is 11.5 Å². The molecule has 1 aromatic carbocycles. The largest absolute Gasteiger partial charge is 0.394 e. The smallest absolute Gasteiger partial charge is 0.370 e. The summed E-state index contributed by atoms with van der Waals surface area (Å²) in [4.78, 5) is 4.04. The summed E-state index contributed by atoms with van der Waals surface area (Å²) in [6.07, 6.45) is 0.874.